The van der Waals surface area contributed by atoms with Crippen molar-refractivity contribution in [2.45, 2.75) is 6.54 Å². The Morgan fingerprint density at radius 2 is 1.76 bits per heavy atom. The normalized spacial score (nSPS) is 10.6. The molecule has 3 rings (SSSR count). The van der Waals surface area contributed by atoms with Gasteiger partial charge in [-0.15, -0.1) is 11.3 Å². The van der Waals surface area contributed by atoms with Crippen LogP contribution in [0.3, 0.4) is 0 Å². The first-order valence-electron chi connectivity index (χ1n) is 9.10. The molecule has 0 spiro atoms. The Hall–Kier alpha value is -3.16. The highest BCUT2D eigenvalue weighted by Gasteiger charge is 2.15. The van der Waals surface area contributed by atoms with E-state index in [0.717, 1.165) is 0 Å². The van der Waals surface area contributed by atoms with Crippen molar-refractivity contribution < 1.29 is 14.3 Å². The number of rotatable bonds is 8. The van der Waals surface area contributed by atoms with Crippen LogP contribution >= 0.6 is 11.3 Å². The standard InChI is InChI=1S/C22H23N3O3S/c1-25(14-18-6-5-13-29-18)15-21(26)24-20-8-4-3-7-19(20)22(27)23-16-9-11-17(28-2)12-10-16/h3-13H,14-15H2,1-2H3,(H,23,27)(H,24,26). The second-order valence-corrected chi connectivity index (χ2v) is 7.56. The Bertz CT molecular complexity index is 956. The van der Waals surface area contributed by atoms with Gasteiger partial charge in [0, 0.05) is 17.1 Å². The summed E-state index contributed by atoms with van der Waals surface area (Å²) in [5.41, 5.74) is 1.53. The summed E-state index contributed by atoms with van der Waals surface area (Å²) in [6.07, 6.45) is 0. The molecule has 0 atom stereocenters. The van der Waals surface area contributed by atoms with Gasteiger partial charge in [-0.3, -0.25) is 14.5 Å². The van der Waals surface area contributed by atoms with Crippen LogP contribution in [0.2, 0.25) is 0 Å². The number of hydrogen-bond acceptors (Lipinski definition) is 5. The number of carbonyl (C=O) groups is 2. The molecule has 0 saturated heterocycles. The van der Waals surface area contributed by atoms with Gasteiger partial charge >= 0.3 is 0 Å². The molecule has 1 aromatic heterocycles. The molecule has 0 fully saturated rings. The summed E-state index contributed by atoms with van der Waals surface area (Å²) in [6, 6.07) is 18.1. The summed E-state index contributed by atoms with van der Waals surface area (Å²) in [4.78, 5) is 28.3. The fourth-order valence-electron chi connectivity index (χ4n) is 2.82. The first-order chi connectivity index (χ1) is 14.0. The number of likely N-dealkylation sites (N-methyl/N-ethyl adjacent to an activating group) is 1. The van der Waals surface area contributed by atoms with E-state index in [1.54, 1.807) is 67.0 Å². The molecule has 6 nitrogen and oxygen atoms in total. The van der Waals surface area contributed by atoms with Crippen molar-refractivity contribution in [3.63, 3.8) is 0 Å². The highest BCUT2D eigenvalue weighted by Crippen LogP contribution is 2.19. The number of nitrogens with zero attached hydrogens (tertiary/aromatic N) is 1. The van der Waals surface area contributed by atoms with Crippen molar-refractivity contribution in [2.75, 3.05) is 31.3 Å². The molecule has 150 valence electrons. The molecular weight excluding hydrogens is 386 g/mol. The van der Waals surface area contributed by atoms with Gasteiger partial charge in [0.25, 0.3) is 5.91 Å². The molecule has 0 aliphatic rings. The van der Waals surface area contributed by atoms with Gasteiger partial charge in [-0.2, -0.15) is 0 Å². The number of anilines is 2. The van der Waals surface area contributed by atoms with E-state index in [4.69, 9.17) is 4.74 Å². The molecule has 2 aromatic carbocycles. The zero-order valence-corrected chi connectivity index (χ0v) is 17.2. The van der Waals surface area contributed by atoms with Crippen LogP contribution in [0.4, 0.5) is 11.4 Å². The Morgan fingerprint density at radius 1 is 1.00 bits per heavy atom. The van der Waals surface area contributed by atoms with Crippen LogP contribution in [0.5, 0.6) is 5.75 Å². The van der Waals surface area contributed by atoms with E-state index in [1.165, 1.54) is 4.88 Å². The number of methoxy groups -OCH3 is 1. The van der Waals surface area contributed by atoms with Gasteiger partial charge in [-0.25, -0.2) is 0 Å². The molecule has 2 N–H and O–H groups in total. The molecule has 0 unspecified atom stereocenters. The fourth-order valence-corrected chi connectivity index (χ4v) is 3.61. The zero-order valence-electron chi connectivity index (χ0n) is 16.3. The second-order valence-electron chi connectivity index (χ2n) is 6.53. The molecule has 2 amide bonds. The van der Waals surface area contributed by atoms with Crippen LogP contribution < -0.4 is 15.4 Å². The average molecular weight is 410 g/mol. The molecular formula is C22H23N3O3S. The number of para-hydroxylation sites is 1. The van der Waals surface area contributed by atoms with Crippen molar-refractivity contribution in [3.05, 3.63) is 76.5 Å². The predicted molar refractivity (Wildman–Crippen MR) is 117 cm³/mol. The summed E-state index contributed by atoms with van der Waals surface area (Å²) in [7, 11) is 3.48. The molecule has 29 heavy (non-hydrogen) atoms. The van der Waals surface area contributed by atoms with Crippen molar-refractivity contribution in [1.82, 2.24) is 4.90 Å². The lowest BCUT2D eigenvalue weighted by molar-refractivity contribution is -0.117. The third-order valence-electron chi connectivity index (χ3n) is 4.21. The summed E-state index contributed by atoms with van der Waals surface area (Å²) in [5, 5.41) is 7.70. The third kappa shape index (κ3) is 5.91. The van der Waals surface area contributed by atoms with E-state index in [-0.39, 0.29) is 18.4 Å². The van der Waals surface area contributed by atoms with E-state index in [0.29, 0.717) is 29.2 Å². The van der Waals surface area contributed by atoms with Crippen molar-refractivity contribution in [1.29, 1.82) is 0 Å². The number of amides is 2. The molecule has 3 aromatic rings. The molecule has 0 aliphatic heterocycles. The predicted octanol–water partition coefficient (Wildman–Crippen LogP) is 4.08. The lowest BCUT2D eigenvalue weighted by atomic mass is 10.1. The maximum atomic E-state index is 12.7. The van der Waals surface area contributed by atoms with Crippen LogP contribution in [0.15, 0.2) is 66.0 Å². The first kappa shape index (κ1) is 20.6. The van der Waals surface area contributed by atoms with Gasteiger partial charge in [-0.1, -0.05) is 18.2 Å². The van der Waals surface area contributed by atoms with E-state index in [2.05, 4.69) is 10.6 Å². The smallest absolute Gasteiger partial charge is 0.257 e. The quantitative estimate of drug-likeness (QED) is 0.588. The van der Waals surface area contributed by atoms with E-state index < -0.39 is 0 Å². The fraction of sp³-hybridized carbons (Fsp3) is 0.182. The minimum absolute atomic E-state index is 0.172. The van der Waals surface area contributed by atoms with Gasteiger partial charge in [0.15, 0.2) is 0 Å². The SMILES string of the molecule is COc1ccc(NC(=O)c2ccccc2NC(=O)CN(C)Cc2cccs2)cc1. The Labute approximate surface area is 174 Å². The van der Waals surface area contributed by atoms with Crippen LogP contribution in [0, 0.1) is 0 Å². The third-order valence-corrected chi connectivity index (χ3v) is 5.07. The van der Waals surface area contributed by atoms with Gasteiger partial charge < -0.3 is 15.4 Å². The van der Waals surface area contributed by atoms with Gasteiger partial charge in [-0.05, 0) is 54.9 Å². The van der Waals surface area contributed by atoms with Crippen LogP contribution in [0.1, 0.15) is 15.2 Å². The summed E-state index contributed by atoms with van der Waals surface area (Å²) >= 11 is 1.66. The van der Waals surface area contributed by atoms with Gasteiger partial charge in [0.2, 0.25) is 5.91 Å². The largest absolute Gasteiger partial charge is 0.497 e. The van der Waals surface area contributed by atoms with Crippen LogP contribution in [-0.4, -0.2) is 37.4 Å². The number of benzene rings is 2. The first-order valence-corrected chi connectivity index (χ1v) is 9.98. The van der Waals surface area contributed by atoms with Crippen molar-refractivity contribution in [2.24, 2.45) is 0 Å². The molecule has 7 heteroatoms. The maximum absolute atomic E-state index is 12.7. The van der Waals surface area contributed by atoms with E-state index >= 15 is 0 Å². The van der Waals surface area contributed by atoms with Crippen molar-refractivity contribution >= 4 is 34.5 Å². The van der Waals surface area contributed by atoms with Crippen LogP contribution in [0.25, 0.3) is 0 Å². The Morgan fingerprint density at radius 3 is 2.45 bits per heavy atom. The van der Waals surface area contributed by atoms with Crippen LogP contribution in [-0.2, 0) is 11.3 Å². The Kier molecular flexibility index (Phi) is 6.99. The monoisotopic (exact) mass is 409 g/mol. The minimum atomic E-state index is -0.294. The molecule has 0 bridgehead atoms. The topological polar surface area (TPSA) is 70.7 Å². The second kappa shape index (κ2) is 9.86. The highest BCUT2D eigenvalue weighted by molar-refractivity contribution is 7.09. The number of nitrogens with one attached hydrogen (secondary N) is 2. The lowest BCUT2D eigenvalue weighted by Crippen LogP contribution is -2.30. The summed E-state index contributed by atoms with van der Waals surface area (Å²) < 4.78 is 5.12. The lowest BCUT2D eigenvalue weighted by Gasteiger charge is -2.16. The highest BCUT2D eigenvalue weighted by atomic mass is 32.1. The number of thiophene rings is 1. The number of hydrogen-bond donors (Lipinski definition) is 2. The number of carbonyl (C=O) groups excluding carboxylic acids is 2. The Balaban J connectivity index is 1.62. The zero-order chi connectivity index (χ0) is 20.6. The summed E-state index contributed by atoms with van der Waals surface area (Å²) in [6.45, 7) is 0.928. The molecule has 0 radical (unpaired) electrons. The van der Waals surface area contributed by atoms with Gasteiger partial charge in [0.05, 0.1) is 24.9 Å². The molecule has 0 saturated carbocycles. The van der Waals surface area contributed by atoms with Gasteiger partial charge in [0.1, 0.15) is 5.75 Å². The average Bonchev–Trinajstić information content (AvgIpc) is 3.21. The molecule has 0 aliphatic carbocycles. The molecule has 1 heterocycles. The maximum Gasteiger partial charge on any atom is 0.257 e. The van der Waals surface area contributed by atoms with E-state index in [9.17, 15) is 9.59 Å². The minimum Gasteiger partial charge on any atom is -0.497 e. The summed E-state index contributed by atoms with van der Waals surface area (Å²) in [5.74, 6) is 0.245. The number of ether oxygens (including phenoxy) is 1. The van der Waals surface area contributed by atoms with E-state index in [1.807, 2.05) is 29.5 Å². The van der Waals surface area contributed by atoms with Crippen molar-refractivity contribution in [3.8, 4) is 5.75 Å².